The number of aryl methyl sites for hydroxylation is 1. The van der Waals surface area contributed by atoms with E-state index in [-0.39, 0.29) is 5.82 Å². The number of piperidine rings is 1. The molecule has 7 heteroatoms. The lowest BCUT2D eigenvalue weighted by Crippen LogP contribution is -2.31. The zero-order valence-corrected chi connectivity index (χ0v) is 16.9. The number of ether oxygens (including phenoxy) is 1. The first kappa shape index (κ1) is 18.1. The van der Waals surface area contributed by atoms with Crippen LogP contribution in [0.3, 0.4) is 0 Å². The van der Waals surface area contributed by atoms with E-state index in [1.165, 1.54) is 0 Å². The molecule has 0 saturated carbocycles. The minimum Gasteiger partial charge on any atom is -0.481 e. The number of likely N-dealkylation sites (tertiary alicyclic amines) is 1. The van der Waals surface area contributed by atoms with Crippen LogP contribution in [0.15, 0.2) is 30.5 Å². The summed E-state index contributed by atoms with van der Waals surface area (Å²) in [4.78, 5) is 14.5. The lowest BCUT2D eigenvalue weighted by Gasteiger charge is -2.30. The highest BCUT2D eigenvalue weighted by atomic mass is 19.1. The first-order chi connectivity index (χ1) is 14.0. The van der Waals surface area contributed by atoms with Crippen molar-refractivity contribution in [2.45, 2.75) is 25.8 Å². The number of imidazole rings is 1. The first-order valence-corrected chi connectivity index (χ1v) is 9.94. The molecule has 4 aromatic rings. The van der Waals surface area contributed by atoms with Gasteiger partial charge >= 0.3 is 0 Å². The summed E-state index contributed by atoms with van der Waals surface area (Å²) >= 11 is 0. The Morgan fingerprint density at radius 1 is 1.17 bits per heavy atom. The first-order valence-electron chi connectivity index (χ1n) is 9.94. The molecule has 0 amide bonds. The number of fused-ring (bicyclic) bond motifs is 2. The van der Waals surface area contributed by atoms with E-state index < -0.39 is 0 Å². The zero-order valence-electron chi connectivity index (χ0n) is 16.9. The average Bonchev–Trinajstić information content (AvgIpc) is 3.29. The van der Waals surface area contributed by atoms with Crippen molar-refractivity contribution in [1.82, 2.24) is 24.4 Å². The van der Waals surface area contributed by atoms with Crippen molar-refractivity contribution in [1.29, 1.82) is 0 Å². The molecule has 0 unspecified atom stereocenters. The van der Waals surface area contributed by atoms with Gasteiger partial charge in [0.25, 0.3) is 0 Å². The maximum atomic E-state index is 15.1. The number of hydrogen-bond acceptors (Lipinski definition) is 4. The van der Waals surface area contributed by atoms with E-state index in [9.17, 15) is 0 Å². The predicted octanol–water partition coefficient (Wildman–Crippen LogP) is 4.30. The zero-order chi connectivity index (χ0) is 20.1. The van der Waals surface area contributed by atoms with Crippen LogP contribution in [0.2, 0.25) is 0 Å². The minimum atomic E-state index is -0.289. The van der Waals surface area contributed by atoms with Gasteiger partial charge in [-0.2, -0.15) is 4.98 Å². The van der Waals surface area contributed by atoms with Crippen LogP contribution in [0.5, 0.6) is 5.88 Å². The lowest BCUT2D eigenvalue weighted by molar-refractivity contribution is 0.222. The minimum absolute atomic E-state index is 0.289. The van der Waals surface area contributed by atoms with E-state index in [1.807, 2.05) is 25.3 Å². The molecule has 0 atom stereocenters. The Bertz CT molecular complexity index is 1200. The van der Waals surface area contributed by atoms with Crippen LogP contribution in [-0.2, 0) is 0 Å². The molecule has 4 heterocycles. The van der Waals surface area contributed by atoms with E-state index in [1.54, 1.807) is 13.2 Å². The molecular formula is C22H24FN5O. The molecule has 5 rings (SSSR count). The van der Waals surface area contributed by atoms with Crippen LogP contribution >= 0.6 is 0 Å². The van der Waals surface area contributed by atoms with E-state index in [0.29, 0.717) is 17.4 Å². The number of methoxy groups -OCH3 is 1. The standard InChI is InChI=1S/C22H24FN5O/c1-13-25-21-18(23)10-14(11-19(21)28(13)15-6-8-27(2)9-7-15)17-12-24-22-16(17)4-5-20(26-22)29-3/h4-5,10-12,15H,6-9H2,1-3H3,(H,24,26). The largest absolute Gasteiger partial charge is 0.481 e. The van der Waals surface area contributed by atoms with Crippen LogP contribution in [0.4, 0.5) is 4.39 Å². The van der Waals surface area contributed by atoms with Crippen molar-refractivity contribution in [3.8, 4) is 17.0 Å². The van der Waals surface area contributed by atoms with Gasteiger partial charge in [0, 0.05) is 29.3 Å². The molecule has 29 heavy (non-hydrogen) atoms. The molecule has 1 aliphatic rings. The fraction of sp³-hybridized carbons (Fsp3) is 0.364. The summed E-state index contributed by atoms with van der Waals surface area (Å²) in [5, 5.41) is 0.937. The van der Waals surface area contributed by atoms with Crippen LogP contribution in [0.1, 0.15) is 24.7 Å². The number of aromatic nitrogens is 4. The average molecular weight is 393 g/mol. The summed E-state index contributed by atoms with van der Waals surface area (Å²) < 4.78 is 22.5. The molecule has 1 aliphatic heterocycles. The number of aromatic amines is 1. The van der Waals surface area contributed by atoms with Crippen molar-refractivity contribution in [2.75, 3.05) is 27.2 Å². The number of H-pyrrole nitrogens is 1. The monoisotopic (exact) mass is 393 g/mol. The normalized spacial score (nSPS) is 16.1. The third-order valence-corrected chi connectivity index (χ3v) is 6.01. The van der Waals surface area contributed by atoms with Crippen LogP contribution < -0.4 is 4.74 Å². The second-order valence-electron chi connectivity index (χ2n) is 7.84. The number of nitrogens with one attached hydrogen (secondary N) is 1. The number of pyridine rings is 1. The molecule has 6 nitrogen and oxygen atoms in total. The van der Waals surface area contributed by atoms with Crippen molar-refractivity contribution in [3.63, 3.8) is 0 Å². The Morgan fingerprint density at radius 3 is 2.72 bits per heavy atom. The third-order valence-electron chi connectivity index (χ3n) is 6.01. The van der Waals surface area contributed by atoms with E-state index in [2.05, 4.69) is 37.5 Å². The summed E-state index contributed by atoms with van der Waals surface area (Å²) in [5.74, 6) is 1.13. The van der Waals surface area contributed by atoms with Gasteiger partial charge in [-0.25, -0.2) is 9.37 Å². The van der Waals surface area contributed by atoms with Crippen LogP contribution in [0, 0.1) is 12.7 Å². The number of benzene rings is 1. The number of halogens is 1. The molecule has 0 spiro atoms. The smallest absolute Gasteiger partial charge is 0.214 e. The van der Waals surface area contributed by atoms with Crippen molar-refractivity contribution in [3.05, 3.63) is 42.1 Å². The maximum Gasteiger partial charge on any atom is 0.214 e. The van der Waals surface area contributed by atoms with Crippen molar-refractivity contribution < 1.29 is 9.13 Å². The lowest BCUT2D eigenvalue weighted by atomic mass is 10.0. The molecular weight excluding hydrogens is 369 g/mol. The van der Waals surface area contributed by atoms with E-state index in [4.69, 9.17) is 4.74 Å². The van der Waals surface area contributed by atoms with Crippen LogP contribution in [0.25, 0.3) is 33.2 Å². The van der Waals surface area contributed by atoms with Gasteiger partial charge in [0.05, 0.1) is 12.6 Å². The topological polar surface area (TPSA) is 59.0 Å². The summed E-state index contributed by atoms with van der Waals surface area (Å²) in [6.45, 7) is 4.06. The fourth-order valence-electron chi connectivity index (χ4n) is 4.48. The number of nitrogens with zero attached hydrogens (tertiary/aromatic N) is 4. The Kier molecular flexibility index (Phi) is 4.28. The van der Waals surface area contributed by atoms with Gasteiger partial charge in [-0.05, 0) is 63.7 Å². The Labute approximate surface area is 168 Å². The van der Waals surface area contributed by atoms with Gasteiger partial charge in [-0.15, -0.1) is 0 Å². The van der Waals surface area contributed by atoms with Gasteiger partial charge in [-0.1, -0.05) is 0 Å². The van der Waals surface area contributed by atoms with Crippen molar-refractivity contribution >= 4 is 22.1 Å². The Balaban J connectivity index is 1.65. The van der Waals surface area contributed by atoms with Crippen LogP contribution in [-0.4, -0.2) is 51.7 Å². The Morgan fingerprint density at radius 2 is 1.97 bits per heavy atom. The molecule has 150 valence electrons. The van der Waals surface area contributed by atoms with Gasteiger partial charge in [0.2, 0.25) is 5.88 Å². The van der Waals surface area contributed by atoms with Gasteiger partial charge in [0.15, 0.2) is 5.82 Å². The highest BCUT2D eigenvalue weighted by Crippen LogP contribution is 2.35. The Hall–Kier alpha value is -2.93. The van der Waals surface area contributed by atoms with Gasteiger partial charge in [0.1, 0.15) is 17.0 Å². The fourth-order valence-corrected chi connectivity index (χ4v) is 4.48. The summed E-state index contributed by atoms with van der Waals surface area (Å²) in [7, 11) is 3.74. The SMILES string of the molecule is COc1ccc2c(-c3cc(F)c4nc(C)n(C5CCN(C)CC5)c4c3)c[nH]c2n1. The molecule has 1 aromatic carbocycles. The second-order valence-corrected chi connectivity index (χ2v) is 7.84. The predicted molar refractivity (Wildman–Crippen MR) is 112 cm³/mol. The maximum absolute atomic E-state index is 15.1. The molecule has 1 fully saturated rings. The highest BCUT2D eigenvalue weighted by Gasteiger charge is 2.24. The molecule has 1 saturated heterocycles. The third kappa shape index (κ3) is 2.97. The molecule has 0 radical (unpaired) electrons. The summed E-state index contributed by atoms with van der Waals surface area (Å²) in [6, 6.07) is 7.75. The molecule has 3 aromatic heterocycles. The number of rotatable bonds is 3. The number of hydrogen-bond donors (Lipinski definition) is 1. The summed E-state index contributed by atoms with van der Waals surface area (Å²) in [6.07, 6.45) is 3.97. The molecule has 0 bridgehead atoms. The van der Waals surface area contributed by atoms with E-state index >= 15 is 4.39 Å². The quantitative estimate of drug-likeness (QED) is 0.564. The second kappa shape index (κ2) is 6.84. The van der Waals surface area contributed by atoms with Gasteiger partial charge in [-0.3, -0.25) is 0 Å². The van der Waals surface area contributed by atoms with E-state index in [0.717, 1.165) is 59.4 Å². The molecule has 0 aliphatic carbocycles. The highest BCUT2D eigenvalue weighted by molar-refractivity contribution is 5.96. The van der Waals surface area contributed by atoms with Gasteiger partial charge < -0.3 is 19.2 Å². The van der Waals surface area contributed by atoms with Crippen molar-refractivity contribution in [2.24, 2.45) is 0 Å². The summed E-state index contributed by atoms with van der Waals surface area (Å²) in [5.41, 5.74) is 3.78. The molecule has 1 N–H and O–H groups in total.